The maximum atomic E-state index is 11.8. The average molecular weight is 250 g/mol. The highest BCUT2D eigenvalue weighted by molar-refractivity contribution is 7.74. The summed E-state index contributed by atoms with van der Waals surface area (Å²) in [5, 5.41) is 0. The third-order valence-electron chi connectivity index (χ3n) is 2.96. The summed E-state index contributed by atoms with van der Waals surface area (Å²) in [4.78, 5) is 11.8. The summed E-state index contributed by atoms with van der Waals surface area (Å²) in [5.41, 5.74) is -1.22. The number of ether oxygens (including phenoxy) is 1. The maximum absolute atomic E-state index is 11.8. The van der Waals surface area contributed by atoms with Crippen molar-refractivity contribution in [3.8, 4) is 0 Å². The molecule has 0 aromatic heterocycles. The predicted octanol–water partition coefficient (Wildman–Crippen LogP) is 1.65. The number of carbonyl (C=O) groups excluding carboxylic acids is 1. The Bertz CT molecular complexity index is 270. The molecule has 1 fully saturated rings. The third-order valence-corrected chi connectivity index (χ3v) is 3.42. The van der Waals surface area contributed by atoms with Crippen LogP contribution in [0, 0.1) is 5.92 Å². The SMILES string of the molecule is CCOC(=O)C1(OS(=O)O)CCC(C)CC1. The van der Waals surface area contributed by atoms with Gasteiger partial charge in [-0.05, 0) is 38.5 Å². The zero-order valence-corrected chi connectivity index (χ0v) is 10.4. The Morgan fingerprint density at radius 1 is 1.50 bits per heavy atom. The van der Waals surface area contributed by atoms with Gasteiger partial charge >= 0.3 is 17.3 Å². The lowest BCUT2D eigenvalue weighted by Gasteiger charge is -2.34. The van der Waals surface area contributed by atoms with Gasteiger partial charge in [0, 0.05) is 0 Å². The average Bonchev–Trinajstić information content (AvgIpc) is 2.21. The molecule has 0 radical (unpaired) electrons. The van der Waals surface area contributed by atoms with Crippen molar-refractivity contribution in [2.45, 2.75) is 45.1 Å². The molecule has 1 saturated carbocycles. The van der Waals surface area contributed by atoms with Gasteiger partial charge < -0.3 is 4.74 Å². The van der Waals surface area contributed by atoms with E-state index < -0.39 is 22.9 Å². The lowest BCUT2D eigenvalue weighted by Crippen LogP contribution is -2.46. The van der Waals surface area contributed by atoms with Gasteiger partial charge in [0.15, 0.2) is 5.60 Å². The van der Waals surface area contributed by atoms with Gasteiger partial charge in [-0.2, -0.15) is 4.21 Å². The van der Waals surface area contributed by atoms with Gasteiger partial charge in [-0.15, -0.1) is 0 Å². The molecule has 0 heterocycles. The molecule has 94 valence electrons. The van der Waals surface area contributed by atoms with E-state index in [1.165, 1.54) is 0 Å². The highest BCUT2D eigenvalue weighted by Crippen LogP contribution is 2.36. The van der Waals surface area contributed by atoms with Crippen molar-refractivity contribution in [2.75, 3.05) is 6.61 Å². The number of esters is 1. The second-order valence-corrected chi connectivity index (χ2v) is 4.80. The zero-order chi connectivity index (χ0) is 12.2. The summed E-state index contributed by atoms with van der Waals surface area (Å²) in [5.74, 6) is -0.0115. The van der Waals surface area contributed by atoms with Crippen LogP contribution in [0.4, 0.5) is 0 Å². The minimum Gasteiger partial charge on any atom is -0.464 e. The molecule has 0 aliphatic heterocycles. The second kappa shape index (κ2) is 5.75. The maximum Gasteiger partial charge on any atom is 0.339 e. The number of hydrogen-bond acceptors (Lipinski definition) is 4. The fourth-order valence-electron chi connectivity index (χ4n) is 1.95. The first-order valence-electron chi connectivity index (χ1n) is 5.48. The smallest absolute Gasteiger partial charge is 0.339 e. The fourth-order valence-corrected chi connectivity index (χ4v) is 2.46. The molecular formula is C10H18O5S. The highest BCUT2D eigenvalue weighted by atomic mass is 32.2. The summed E-state index contributed by atoms with van der Waals surface area (Å²) in [6.45, 7) is 4.04. The molecule has 5 nitrogen and oxygen atoms in total. The summed E-state index contributed by atoms with van der Waals surface area (Å²) in [7, 11) is 0. The van der Waals surface area contributed by atoms with Crippen LogP contribution in [-0.4, -0.2) is 26.9 Å². The molecular weight excluding hydrogens is 232 g/mol. The molecule has 1 aliphatic rings. The molecule has 1 unspecified atom stereocenters. The van der Waals surface area contributed by atoms with E-state index in [1.807, 2.05) is 0 Å². The van der Waals surface area contributed by atoms with Gasteiger partial charge in [-0.25, -0.2) is 8.98 Å². The molecule has 0 bridgehead atoms. The van der Waals surface area contributed by atoms with E-state index in [1.54, 1.807) is 6.92 Å². The van der Waals surface area contributed by atoms with Crippen LogP contribution in [0.25, 0.3) is 0 Å². The summed E-state index contributed by atoms with van der Waals surface area (Å²) >= 11 is -2.44. The molecule has 1 rings (SSSR count). The molecule has 6 heteroatoms. The first-order chi connectivity index (χ1) is 7.50. The standard InChI is InChI=1S/C10H18O5S/c1-3-14-9(11)10(15-16(12)13)6-4-8(2)5-7-10/h8H,3-7H2,1-2H3,(H,12,13). The normalized spacial score (nSPS) is 32.1. The van der Waals surface area contributed by atoms with Crippen molar-refractivity contribution in [3.05, 3.63) is 0 Å². The molecule has 1 N–H and O–H groups in total. The monoisotopic (exact) mass is 250 g/mol. The van der Waals surface area contributed by atoms with E-state index in [4.69, 9.17) is 13.5 Å². The van der Waals surface area contributed by atoms with E-state index in [-0.39, 0.29) is 6.61 Å². The summed E-state index contributed by atoms with van der Waals surface area (Å²) in [6.07, 6.45) is 2.49. The van der Waals surface area contributed by atoms with Crippen LogP contribution in [0.3, 0.4) is 0 Å². The molecule has 0 spiro atoms. The van der Waals surface area contributed by atoms with Gasteiger partial charge in [0.1, 0.15) is 0 Å². The van der Waals surface area contributed by atoms with Crippen molar-refractivity contribution in [2.24, 2.45) is 5.92 Å². The van der Waals surface area contributed by atoms with Crippen molar-refractivity contribution in [1.82, 2.24) is 0 Å². The van der Waals surface area contributed by atoms with Gasteiger partial charge in [0.2, 0.25) is 0 Å². The summed E-state index contributed by atoms with van der Waals surface area (Å²) < 4.78 is 29.3. The van der Waals surface area contributed by atoms with Crippen molar-refractivity contribution >= 4 is 17.3 Å². The van der Waals surface area contributed by atoms with Crippen LogP contribution in [0.15, 0.2) is 0 Å². The van der Waals surface area contributed by atoms with Crippen LogP contribution >= 0.6 is 0 Å². The van der Waals surface area contributed by atoms with Crippen molar-refractivity contribution in [3.63, 3.8) is 0 Å². The first-order valence-corrected chi connectivity index (χ1v) is 6.51. The number of carbonyl (C=O) groups is 1. The zero-order valence-electron chi connectivity index (χ0n) is 9.60. The van der Waals surface area contributed by atoms with Crippen LogP contribution in [0.5, 0.6) is 0 Å². The third kappa shape index (κ3) is 3.26. The Morgan fingerprint density at radius 3 is 2.50 bits per heavy atom. The molecule has 0 aromatic carbocycles. The highest BCUT2D eigenvalue weighted by Gasteiger charge is 2.45. The van der Waals surface area contributed by atoms with Crippen LogP contribution in [0.1, 0.15) is 39.5 Å². The summed E-state index contributed by atoms with van der Waals surface area (Å²) in [6, 6.07) is 0. The Morgan fingerprint density at radius 2 is 2.06 bits per heavy atom. The van der Waals surface area contributed by atoms with E-state index in [2.05, 4.69) is 6.92 Å². The Kier molecular flexibility index (Phi) is 4.89. The lowest BCUT2D eigenvalue weighted by atomic mass is 9.80. The largest absolute Gasteiger partial charge is 0.464 e. The van der Waals surface area contributed by atoms with Crippen LogP contribution < -0.4 is 0 Å². The number of hydrogen-bond donors (Lipinski definition) is 1. The topological polar surface area (TPSA) is 72.8 Å². The van der Waals surface area contributed by atoms with Gasteiger partial charge in [0.05, 0.1) is 6.61 Å². The molecule has 0 aromatic rings. The molecule has 0 saturated heterocycles. The van der Waals surface area contributed by atoms with Crippen molar-refractivity contribution in [1.29, 1.82) is 0 Å². The van der Waals surface area contributed by atoms with E-state index in [0.29, 0.717) is 18.8 Å². The molecule has 1 aliphatic carbocycles. The second-order valence-electron chi connectivity index (χ2n) is 4.20. The minimum absolute atomic E-state index is 0.248. The van der Waals surface area contributed by atoms with E-state index >= 15 is 0 Å². The van der Waals surface area contributed by atoms with E-state index in [0.717, 1.165) is 12.8 Å². The minimum atomic E-state index is -2.44. The van der Waals surface area contributed by atoms with Gasteiger partial charge in [-0.3, -0.25) is 4.55 Å². The fraction of sp³-hybridized carbons (Fsp3) is 0.900. The quantitative estimate of drug-likeness (QED) is 0.606. The van der Waals surface area contributed by atoms with Crippen molar-refractivity contribution < 1.29 is 22.5 Å². The van der Waals surface area contributed by atoms with Gasteiger partial charge in [0.25, 0.3) is 0 Å². The Balaban J connectivity index is 2.76. The predicted molar refractivity (Wildman–Crippen MR) is 58.9 cm³/mol. The van der Waals surface area contributed by atoms with E-state index in [9.17, 15) is 9.00 Å². The molecule has 16 heavy (non-hydrogen) atoms. The Hall–Kier alpha value is -0.460. The van der Waals surface area contributed by atoms with Crippen LogP contribution in [0.2, 0.25) is 0 Å². The van der Waals surface area contributed by atoms with Crippen LogP contribution in [-0.2, 0) is 25.1 Å². The lowest BCUT2D eigenvalue weighted by molar-refractivity contribution is -0.165. The number of rotatable bonds is 4. The van der Waals surface area contributed by atoms with Gasteiger partial charge in [-0.1, -0.05) is 6.92 Å². The Labute approximate surface area is 98.0 Å². The first kappa shape index (κ1) is 13.6. The molecule has 1 atom stereocenters. The molecule has 0 amide bonds.